The molecule has 2 N–H and O–H groups in total. The molecule has 0 amide bonds. The van der Waals surface area contributed by atoms with Crippen LogP contribution in [0.1, 0.15) is 5.56 Å². The van der Waals surface area contributed by atoms with Crippen molar-refractivity contribution in [2.24, 2.45) is 5.92 Å². The normalized spacial score (nSPS) is 15.0. The number of para-hydroxylation sites is 1. The van der Waals surface area contributed by atoms with E-state index in [9.17, 15) is 4.79 Å². The number of allylic oxidation sites excluding steroid dienone is 5. The van der Waals surface area contributed by atoms with E-state index in [0.717, 1.165) is 5.56 Å². The van der Waals surface area contributed by atoms with Gasteiger partial charge in [0.1, 0.15) is 0 Å². The summed E-state index contributed by atoms with van der Waals surface area (Å²) in [7, 11) is 0. The lowest BCUT2D eigenvalue weighted by molar-refractivity contribution is -0.115. The quantitative estimate of drug-likeness (QED) is 0.617. The number of hydrogen-bond donors (Lipinski definition) is 1. The van der Waals surface area contributed by atoms with Crippen LogP contribution in [-0.4, -0.2) is 5.78 Å². The summed E-state index contributed by atoms with van der Waals surface area (Å²) in [6.07, 6.45) is 10.9. The van der Waals surface area contributed by atoms with Gasteiger partial charge in [-0.25, -0.2) is 0 Å². The minimum Gasteiger partial charge on any atom is -0.398 e. The van der Waals surface area contributed by atoms with Crippen LogP contribution < -0.4 is 5.73 Å². The van der Waals surface area contributed by atoms with Crippen LogP contribution in [-0.2, 0) is 4.79 Å². The Morgan fingerprint density at radius 1 is 1.19 bits per heavy atom. The van der Waals surface area contributed by atoms with Crippen LogP contribution in [0.4, 0.5) is 5.69 Å². The van der Waals surface area contributed by atoms with Crippen LogP contribution in [0, 0.1) is 5.92 Å². The summed E-state index contributed by atoms with van der Waals surface area (Å²) in [4.78, 5) is 11.7. The molecule has 0 radical (unpaired) electrons. The molecule has 1 aliphatic rings. The van der Waals surface area contributed by atoms with Crippen molar-refractivity contribution in [1.29, 1.82) is 0 Å². The number of anilines is 1. The van der Waals surface area contributed by atoms with Gasteiger partial charge in [-0.2, -0.15) is 0 Å². The Morgan fingerprint density at radius 2 is 1.88 bits per heavy atom. The summed E-state index contributed by atoms with van der Waals surface area (Å²) in [6.45, 7) is 0. The van der Waals surface area contributed by atoms with Crippen molar-refractivity contribution in [2.45, 2.75) is 0 Å². The molecule has 2 rings (SSSR count). The Labute approximate surface area is 94.8 Å². The lowest BCUT2D eigenvalue weighted by atomic mass is 10.0. The van der Waals surface area contributed by atoms with Gasteiger partial charge < -0.3 is 5.73 Å². The smallest absolute Gasteiger partial charge is 0.166 e. The van der Waals surface area contributed by atoms with Crippen LogP contribution in [0.3, 0.4) is 0 Å². The average molecular weight is 211 g/mol. The molecule has 0 aliphatic heterocycles. The van der Waals surface area contributed by atoms with Crippen molar-refractivity contribution >= 4 is 17.5 Å². The minimum absolute atomic E-state index is 0.0771. The average Bonchev–Trinajstić information content (AvgIpc) is 2.81. The van der Waals surface area contributed by atoms with Gasteiger partial charge >= 0.3 is 0 Å². The summed E-state index contributed by atoms with van der Waals surface area (Å²) in [5.41, 5.74) is 7.33. The first-order valence-corrected chi connectivity index (χ1v) is 5.19. The van der Waals surface area contributed by atoms with Crippen molar-refractivity contribution in [3.8, 4) is 0 Å². The largest absolute Gasteiger partial charge is 0.398 e. The number of rotatable bonds is 3. The lowest BCUT2D eigenvalue weighted by Crippen LogP contribution is -2.03. The number of nitrogens with two attached hydrogens (primary N) is 1. The van der Waals surface area contributed by atoms with E-state index < -0.39 is 0 Å². The predicted molar refractivity (Wildman–Crippen MR) is 66.7 cm³/mol. The SMILES string of the molecule is Nc1ccccc1C=CC(=O)C1C=CC=C1. The minimum atomic E-state index is -0.110. The van der Waals surface area contributed by atoms with Gasteiger partial charge in [-0.15, -0.1) is 0 Å². The molecule has 1 aromatic rings. The highest BCUT2D eigenvalue weighted by Crippen LogP contribution is 2.15. The van der Waals surface area contributed by atoms with Crippen LogP contribution in [0.15, 0.2) is 54.6 Å². The van der Waals surface area contributed by atoms with E-state index in [1.165, 1.54) is 0 Å². The molecule has 16 heavy (non-hydrogen) atoms. The fraction of sp³-hybridized carbons (Fsp3) is 0.0714. The summed E-state index contributed by atoms with van der Waals surface area (Å²) in [6, 6.07) is 7.48. The molecule has 0 unspecified atom stereocenters. The monoisotopic (exact) mass is 211 g/mol. The third-order valence-electron chi connectivity index (χ3n) is 2.50. The Bertz CT molecular complexity index is 471. The van der Waals surface area contributed by atoms with Gasteiger partial charge in [-0.1, -0.05) is 42.5 Å². The molecule has 2 heteroatoms. The van der Waals surface area contributed by atoms with E-state index >= 15 is 0 Å². The van der Waals surface area contributed by atoms with Gasteiger partial charge in [0.2, 0.25) is 0 Å². The molecule has 80 valence electrons. The number of hydrogen-bond acceptors (Lipinski definition) is 2. The molecule has 2 nitrogen and oxygen atoms in total. The predicted octanol–water partition coefficient (Wildman–Crippen LogP) is 2.59. The highest BCUT2D eigenvalue weighted by atomic mass is 16.1. The summed E-state index contributed by atoms with van der Waals surface area (Å²) >= 11 is 0. The maximum atomic E-state index is 11.7. The molecule has 0 atom stereocenters. The summed E-state index contributed by atoms with van der Waals surface area (Å²) in [5, 5.41) is 0. The second-order valence-electron chi connectivity index (χ2n) is 3.66. The summed E-state index contributed by atoms with van der Waals surface area (Å²) in [5.74, 6) is -0.0329. The van der Waals surface area contributed by atoms with Gasteiger partial charge in [-0.3, -0.25) is 4.79 Å². The molecule has 0 saturated carbocycles. The number of carbonyl (C=O) groups is 1. The van der Waals surface area contributed by atoms with Crippen LogP contribution in [0.2, 0.25) is 0 Å². The van der Waals surface area contributed by atoms with Crippen molar-refractivity contribution in [3.05, 3.63) is 60.2 Å². The van der Waals surface area contributed by atoms with Gasteiger partial charge in [0.15, 0.2) is 5.78 Å². The molecule has 1 aromatic carbocycles. The zero-order valence-electron chi connectivity index (χ0n) is 8.84. The Hall–Kier alpha value is -2.09. The van der Waals surface area contributed by atoms with Gasteiger partial charge in [0.25, 0.3) is 0 Å². The third-order valence-corrected chi connectivity index (χ3v) is 2.50. The van der Waals surface area contributed by atoms with E-state index in [0.29, 0.717) is 5.69 Å². The van der Waals surface area contributed by atoms with Gasteiger partial charge in [0.05, 0.1) is 5.92 Å². The van der Waals surface area contributed by atoms with Crippen LogP contribution in [0.5, 0.6) is 0 Å². The molecular formula is C14H13NO. The van der Waals surface area contributed by atoms with Crippen molar-refractivity contribution in [3.63, 3.8) is 0 Å². The Morgan fingerprint density at radius 3 is 2.56 bits per heavy atom. The molecule has 0 spiro atoms. The summed E-state index contributed by atoms with van der Waals surface area (Å²) < 4.78 is 0. The maximum absolute atomic E-state index is 11.7. The van der Waals surface area contributed by atoms with Crippen molar-refractivity contribution < 1.29 is 4.79 Å². The van der Waals surface area contributed by atoms with E-state index in [1.807, 2.05) is 48.6 Å². The van der Waals surface area contributed by atoms with E-state index in [4.69, 9.17) is 5.73 Å². The van der Waals surface area contributed by atoms with E-state index in [-0.39, 0.29) is 11.7 Å². The van der Waals surface area contributed by atoms with Crippen molar-refractivity contribution in [1.82, 2.24) is 0 Å². The van der Waals surface area contributed by atoms with Gasteiger partial charge in [0, 0.05) is 5.69 Å². The van der Waals surface area contributed by atoms with E-state index in [1.54, 1.807) is 12.2 Å². The topological polar surface area (TPSA) is 43.1 Å². The number of benzene rings is 1. The highest BCUT2D eigenvalue weighted by Gasteiger charge is 2.10. The molecule has 0 bridgehead atoms. The highest BCUT2D eigenvalue weighted by molar-refractivity contribution is 5.98. The molecule has 0 saturated heterocycles. The van der Waals surface area contributed by atoms with E-state index in [2.05, 4.69) is 0 Å². The fourth-order valence-electron chi connectivity index (χ4n) is 1.57. The Kier molecular flexibility index (Phi) is 3.01. The zero-order valence-corrected chi connectivity index (χ0v) is 8.84. The first kappa shape index (κ1) is 10.4. The standard InChI is InChI=1S/C14H13NO/c15-13-8-4-3-5-11(13)9-10-14(16)12-6-1-2-7-12/h1-10,12H,15H2. The Balaban J connectivity index is 2.10. The first-order valence-electron chi connectivity index (χ1n) is 5.19. The van der Waals surface area contributed by atoms with Gasteiger partial charge in [-0.05, 0) is 23.8 Å². The first-order chi connectivity index (χ1) is 7.77. The van der Waals surface area contributed by atoms with Crippen LogP contribution in [0.25, 0.3) is 6.08 Å². The number of carbonyl (C=O) groups excluding carboxylic acids is 1. The molecule has 1 aliphatic carbocycles. The number of ketones is 1. The molecule has 0 heterocycles. The maximum Gasteiger partial charge on any atom is 0.166 e. The second-order valence-corrected chi connectivity index (χ2v) is 3.66. The molecule has 0 fully saturated rings. The zero-order chi connectivity index (χ0) is 11.4. The lowest BCUT2D eigenvalue weighted by Gasteiger charge is -2.00. The second kappa shape index (κ2) is 4.62. The molecule has 0 aromatic heterocycles. The fourth-order valence-corrected chi connectivity index (χ4v) is 1.57. The van der Waals surface area contributed by atoms with Crippen LogP contribution >= 0.6 is 0 Å². The molecular weight excluding hydrogens is 198 g/mol. The number of nitrogen functional groups attached to an aromatic ring is 1. The third kappa shape index (κ3) is 2.28. The van der Waals surface area contributed by atoms with Crippen molar-refractivity contribution in [2.75, 3.05) is 5.73 Å².